The Labute approximate surface area is 91.1 Å². The maximum absolute atomic E-state index is 10.7. The van der Waals surface area contributed by atoms with Crippen LogP contribution in [0.25, 0.3) is 0 Å². The molecule has 2 rings (SSSR count). The van der Waals surface area contributed by atoms with E-state index in [4.69, 9.17) is 5.73 Å². The van der Waals surface area contributed by atoms with Gasteiger partial charge in [-0.15, -0.1) is 0 Å². The predicted octanol–water partition coefficient (Wildman–Crippen LogP) is 1.81. The monoisotopic (exact) mass is 205 g/mol. The van der Waals surface area contributed by atoms with Gasteiger partial charge < -0.3 is 10.8 Å². The van der Waals surface area contributed by atoms with Gasteiger partial charge in [0.05, 0.1) is 5.60 Å². The molecule has 1 aromatic rings. The summed E-state index contributed by atoms with van der Waals surface area (Å²) in [6.07, 6.45) is 2.97. The normalized spacial score (nSPS) is 27.1. The van der Waals surface area contributed by atoms with Crippen LogP contribution in [0.1, 0.15) is 30.9 Å². The number of rotatable bonds is 2. The Hall–Kier alpha value is -0.860. The van der Waals surface area contributed by atoms with Gasteiger partial charge in [-0.3, -0.25) is 0 Å². The van der Waals surface area contributed by atoms with E-state index >= 15 is 0 Å². The first kappa shape index (κ1) is 10.7. The largest absolute Gasteiger partial charge is 0.385 e. The Balaban J connectivity index is 2.44. The zero-order chi connectivity index (χ0) is 10.9. The van der Waals surface area contributed by atoms with Crippen molar-refractivity contribution >= 4 is 0 Å². The molecule has 2 unspecified atom stereocenters. The molecule has 0 amide bonds. The minimum absolute atomic E-state index is 0.124. The molecular formula is C13H19NO. The summed E-state index contributed by atoms with van der Waals surface area (Å²) in [6, 6.07) is 8.19. The maximum atomic E-state index is 10.7. The molecule has 2 heteroatoms. The molecule has 0 saturated heterocycles. The average Bonchev–Trinajstić information content (AvgIpc) is 2.28. The van der Waals surface area contributed by atoms with Crippen LogP contribution in [-0.2, 0) is 12.0 Å². The highest BCUT2D eigenvalue weighted by Crippen LogP contribution is 2.40. The first-order valence-corrected chi connectivity index (χ1v) is 5.69. The molecule has 0 spiro atoms. The number of nitrogens with two attached hydrogens (primary N) is 1. The molecule has 1 aliphatic carbocycles. The zero-order valence-corrected chi connectivity index (χ0v) is 9.24. The van der Waals surface area contributed by atoms with Gasteiger partial charge in [0.15, 0.2) is 0 Å². The van der Waals surface area contributed by atoms with E-state index in [2.05, 4.69) is 6.07 Å². The minimum atomic E-state index is -0.705. The molecule has 2 atom stereocenters. The van der Waals surface area contributed by atoms with Gasteiger partial charge in [-0.2, -0.15) is 0 Å². The van der Waals surface area contributed by atoms with E-state index in [0.29, 0.717) is 6.54 Å². The average molecular weight is 205 g/mol. The fourth-order valence-corrected chi connectivity index (χ4v) is 2.55. The fraction of sp³-hybridized carbons (Fsp3) is 0.538. The van der Waals surface area contributed by atoms with Crippen molar-refractivity contribution in [3.05, 3.63) is 35.4 Å². The number of aliphatic hydroxyl groups is 1. The fourth-order valence-electron chi connectivity index (χ4n) is 2.55. The summed E-state index contributed by atoms with van der Waals surface area (Å²) >= 11 is 0. The van der Waals surface area contributed by atoms with E-state index < -0.39 is 5.60 Å². The number of hydrogen-bond donors (Lipinski definition) is 2. The van der Waals surface area contributed by atoms with Crippen molar-refractivity contribution in [1.29, 1.82) is 0 Å². The Morgan fingerprint density at radius 2 is 2.20 bits per heavy atom. The molecule has 0 fully saturated rings. The van der Waals surface area contributed by atoms with E-state index in [1.165, 1.54) is 5.56 Å². The lowest BCUT2D eigenvalue weighted by Crippen LogP contribution is -2.40. The van der Waals surface area contributed by atoms with Crippen molar-refractivity contribution < 1.29 is 5.11 Å². The number of hydrogen-bond acceptors (Lipinski definition) is 2. The highest BCUT2D eigenvalue weighted by molar-refractivity contribution is 5.35. The standard InChI is InChI=1S/C13H19NO/c1-10(9-14)13(15)8-4-6-11-5-2-3-7-12(11)13/h2-3,5,7,10,15H,4,6,8-9,14H2,1H3. The molecule has 0 aromatic heterocycles. The minimum Gasteiger partial charge on any atom is -0.385 e. The van der Waals surface area contributed by atoms with Gasteiger partial charge >= 0.3 is 0 Å². The highest BCUT2D eigenvalue weighted by Gasteiger charge is 2.38. The van der Waals surface area contributed by atoms with Crippen LogP contribution < -0.4 is 5.73 Å². The lowest BCUT2D eigenvalue weighted by Gasteiger charge is -2.38. The van der Waals surface area contributed by atoms with Crippen molar-refractivity contribution in [2.24, 2.45) is 11.7 Å². The lowest BCUT2D eigenvalue weighted by molar-refractivity contribution is -0.0294. The number of benzene rings is 1. The van der Waals surface area contributed by atoms with Crippen molar-refractivity contribution in [2.45, 2.75) is 31.8 Å². The van der Waals surface area contributed by atoms with Gasteiger partial charge in [-0.25, -0.2) is 0 Å². The van der Waals surface area contributed by atoms with Gasteiger partial charge in [0, 0.05) is 5.92 Å². The van der Waals surface area contributed by atoms with Gasteiger partial charge in [0.25, 0.3) is 0 Å². The van der Waals surface area contributed by atoms with Crippen LogP contribution in [0.15, 0.2) is 24.3 Å². The SMILES string of the molecule is CC(CN)C1(O)CCCc2ccccc21. The van der Waals surface area contributed by atoms with E-state index in [1.807, 2.05) is 25.1 Å². The first-order valence-electron chi connectivity index (χ1n) is 5.69. The van der Waals surface area contributed by atoms with Crippen LogP contribution in [0, 0.1) is 5.92 Å². The van der Waals surface area contributed by atoms with Crippen LogP contribution in [0.3, 0.4) is 0 Å². The summed E-state index contributed by atoms with van der Waals surface area (Å²) in [5.41, 5.74) is 7.36. The molecule has 2 nitrogen and oxygen atoms in total. The first-order chi connectivity index (χ1) is 7.18. The van der Waals surface area contributed by atoms with Crippen molar-refractivity contribution in [1.82, 2.24) is 0 Å². The molecule has 0 saturated carbocycles. The van der Waals surface area contributed by atoms with E-state index in [9.17, 15) is 5.11 Å². The number of aryl methyl sites for hydroxylation is 1. The van der Waals surface area contributed by atoms with Crippen LogP contribution in [-0.4, -0.2) is 11.7 Å². The summed E-state index contributed by atoms with van der Waals surface area (Å²) in [6.45, 7) is 2.56. The smallest absolute Gasteiger partial charge is 0.0936 e. The zero-order valence-electron chi connectivity index (χ0n) is 9.24. The topological polar surface area (TPSA) is 46.2 Å². The molecular weight excluding hydrogens is 186 g/mol. The third-order valence-electron chi connectivity index (χ3n) is 3.66. The van der Waals surface area contributed by atoms with Gasteiger partial charge in [0.1, 0.15) is 0 Å². The molecule has 15 heavy (non-hydrogen) atoms. The summed E-state index contributed by atoms with van der Waals surface area (Å²) in [7, 11) is 0. The van der Waals surface area contributed by atoms with E-state index in [-0.39, 0.29) is 5.92 Å². The Morgan fingerprint density at radius 1 is 1.47 bits per heavy atom. The summed E-state index contributed by atoms with van der Waals surface area (Å²) in [4.78, 5) is 0. The van der Waals surface area contributed by atoms with Crippen molar-refractivity contribution in [2.75, 3.05) is 6.54 Å². The highest BCUT2D eigenvalue weighted by atomic mass is 16.3. The molecule has 0 heterocycles. The summed E-state index contributed by atoms with van der Waals surface area (Å²) in [5, 5.41) is 10.7. The third-order valence-corrected chi connectivity index (χ3v) is 3.66. The summed E-state index contributed by atoms with van der Waals surface area (Å²) in [5.74, 6) is 0.124. The van der Waals surface area contributed by atoms with Crippen molar-refractivity contribution in [3.8, 4) is 0 Å². The van der Waals surface area contributed by atoms with Crippen LogP contribution >= 0.6 is 0 Å². The van der Waals surface area contributed by atoms with E-state index in [0.717, 1.165) is 24.8 Å². The Kier molecular flexibility index (Phi) is 2.81. The molecule has 0 aliphatic heterocycles. The summed E-state index contributed by atoms with van der Waals surface area (Å²) < 4.78 is 0. The van der Waals surface area contributed by atoms with Crippen molar-refractivity contribution in [3.63, 3.8) is 0 Å². The van der Waals surface area contributed by atoms with Crippen LogP contribution in [0.5, 0.6) is 0 Å². The second-order valence-electron chi connectivity index (χ2n) is 4.57. The molecule has 0 bridgehead atoms. The molecule has 1 aromatic carbocycles. The maximum Gasteiger partial charge on any atom is 0.0936 e. The van der Waals surface area contributed by atoms with Gasteiger partial charge in [-0.1, -0.05) is 31.2 Å². The molecule has 1 aliphatic rings. The quantitative estimate of drug-likeness (QED) is 0.773. The van der Waals surface area contributed by atoms with E-state index in [1.54, 1.807) is 0 Å². The second kappa shape index (κ2) is 3.95. The Bertz CT molecular complexity index is 350. The van der Waals surface area contributed by atoms with Crippen LogP contribution in [0.2, 0.25) is 0 Å². The molecule has 3 N–H and O–H groups in total. The van der Waals surface area contributed by atoms with Crippen LogP contribution in [0.4, 0.5) is 0 Å². The second-order valence-corrected chi connectivity index (χ2v) is 4.57. The lowest BCUT2D eigenvalue weighted by atomic mass is 9.72. The third kappa shape index (κ3) is 1.68. The predicted molar refractivity (Wildman–Crippen MR) is 61.5 cm³/mol. The molecule has 0 radical (unpaired) electrons. The van der Waals surface area contributed by atoms with Gasteiger partial charge in [-0.05, 0) is 36.9 Å². The molecule has 82 valence electrons. The number of fused-ring (bicyclic) bond motifs is 1. The Morgan fingerprint density at radius 3 is 2.93 bits per heavy atom. The van der Waals surface area contributed by atoms with Gasteiger partial charge in [0.2, 0.25) is 0 Å².